The van der Waals surface area contributed by atoms with Crippen LogP contribution in [0.25, 0.3) is 0 Å². The maximum Gasteiger partial charge on any atom is 0.142 e. The molecular weight excluding hydrogens is 236 g/mol. The second-order valence-corrected chi connectivity index (χ2v) is 5.64. The number of anilines is 1. The van der Waals surface area contributed by atoms with Crippen molar-refractivity contribution < 1.29 is 4.74 Å². The maximum absolute atomic E-state index is 5.91. The molecule has 2 rings (SSSR count). The lowest BCUT2D eigenvalue weighted by molar-refractivity contribution is 0.242. The molecule has 0 atom stereocenters. The monoisotopic (exact) mass is 262 g/mol. The Hall–Kier alpha value is -1.22. The van der Waals surface area contributed by atoms with Crippen molar-refractivity contribution in [1.82, 2.24) is 0 Å². The molecule has 0 spiro atoms. The predicted molar refractivity (Wildman–Crippen MR) is 80.8 cm³/mol. The molecular formula is C16H26N2O. The molecule has 0 aliphatic carbocycles. The Morgan fingerprint density at radius 2 is 1.95 bits per heavy atom. The van der Waals surface area contributed by atoms with E-state index in [4.69, 9.17) is 10.5 Å². The average molecular weight is 262 g/mol. The van der Waals surface area contributed by atoms with E-state index in [1.54, 1.807) is 0 Å². The minimum absolute atomic E-state index is 0.218. The molecule has 3 heteroatoms. The molecule has 0 aromatic heterocycles. The first-order valence-corrected chi connectivity index (χ1v) is 7.41. The zero-order chi connectivity index (χ0) is 13.7. The number of hydrogen-bond acceptors (Lipinski definition) is 3. The third-order valence-electron chi connectivity index (χ3n) is 3.76. The molecule has 1 aliphatic heterocycles. The molecule has 106 valence electrons. The van der Waals surface area contributed by atoms with Crippen molar-refractivity contribution in [1.29, 1.82) is 0 Å². The third-order valence-corrected chi connectivity index (χ3v) is 3.76. The molecule has 0 saturated carbocycles. The van der Waals surface area contributed by atoms with Gasteiger partial charge >= 0.3 is 0 Å². The number of rotatable bonds is 5. The van der Waals surface area contributed by atoms with Gasteiger partial charge in [0.1, 0.15) is 5.75 Å². The molecule has 2 N–H and O–H groups in total. The molecule has 0 bridgehead atoms. The zero-order valence-corrected chi connectivity index (χ0v) is 12.1. The number of piperidine rings is 1. The van der Waals surface area contributed by atoms with Crippen LogP contribution < -0.4 is 15.4 Å². The van der Waals surface area contributed by atoms with Crippen molar-refractivity contribution in [3.63, 3.8) is 0 Å². The summed E-state index contributed by atoms with van der Waals surface area (Å²) in [6.07, 6.45) is 3.87. The SMILES string of the molecule is CC(C)Oc1ccccc1N1CCC(CCN)CC1. The van der Waals surface area contributed by atoms with Crippen LogP contribution in [0.3, 0.4) is 0 Å². The Bertz CT molecular complexity index is 384. The molecule has 3 nitrogen and oxygen atoms in total. The summed E-state index contributed by atoms with van der Waals surface area (Å²) in [5, 5.41) is 0. The van der Waals surface area contributed by atoms with E-state index in [0.717, 1.165) is 37.7 Å². The lowest BCUT2D eigenvalue weighted by atomic mass is 9.93. The fourth-order valence-electron chi connectivity index (χ4n) is 2.77. The van der Waals surface area contributed by atoms with E-state index in [1.165, 1.54) is 18.5 Å². The average Bonchev–Trinajstić information content (AvgIpc) is 2.40. The summed E-state index contributed by atoms with van der Waals surface area (Å²) in [5.41, 5.74) is 6.89. The van der Waals surface area contributed by atoms with Crippen molar-refractivity contribution in [3.8, 4) is 5.75 Å². The standard InChI is InChI=1S/C16H26N2O/c1-13(2)19-16-6-4-3-5-15(16)18-11-8-14(7-10-17)9-12-18/h3-6,13-14H,7-12,17H2,1-2H3. The van der Waals surface area contributed by atoms with E-state index in [9.17, 15) is 0 Å². The van der Waals surface area contributed by atoms with E-state index in [2.05, 4.69) is 36.9 Å². The molecule has 0 amide bonds. The van der Waals surface area contributed by atoms with Crippen LogP contribution in [-0.2, 0) is 0 Å². The number of hydrogen-bond donors (Lipinski definition) is 1. The van der Waals surface area contributed by atoms with Crippen molar-refractivity contribution in [3.05, 3.63) is 24.3 Å². The van der Waals surface area contributed by atoms with Gasteiger partial charge in [-0.05, 0) is 57.7 Å². The molecule has 0 radical (unpaired) electrons. The van der Waals surface area contributed by atoms with Gasteiger partial charge in [0.25, 0.3) is 0 Å². The van der Waals surface area contributed by atoms with Crippen LogP contribution in [-0.4, -0.2) is 25.7 Å². The molecule has 1 aromatic carbocycles. The van der Waals surface area contributed by atoms with Gasteiger partial charge in [0.15, 0.2) is 0 Å². The van der Waals surface area contributed by atoms with Gasteiger partial charge in [-0.15, -0.1) is 0 Å². The first kappa shape index (κ1) is 14.2. The van der Waals surface area contributed by atoms with Crippen LogP contribution in [0.1, 0.15) is 33.1 Å². The highest BCUT2D eigenvalue weighted by atomic mass is 16.5. The van der Waals surface area contributed by atoms with Crippen LogP contribution >= 0.6 is 0 Å². The molecule has 19 heavy (non-hydrogen) atoms. The Balaban J connectivity index is 2.02. The second-order valence-electron chi connectivity index (χ2n) is 5.64. The lowest BCUT2D eigenvalue weighted by Crippen LogP contribution is -2.34. The summed E-state index contributed by atoms with van der Waals surface area (Å²) in [6, 6.07) is 8.37. The van der Waals surface area contributed by atoms with Crippen LogP contribution in [0.2, 0.25) is 0 Å². The van der Waals surface area contributed by atoms with Crippen molar-refractivity contribution in [2.45, 2.75) is 39.2 Å². The largest absolute Gasteiger partial charge is 0.489 e. The lowest BCUT2D eigenvalue weighted by Gasteiger charge is -2.34. The highest BCUT2D eigenvalue weighted by Gasteiger charge is 2.21. The Morgan fingerprint density at radius 1 is 1.26 bits per heavy atom. The number of nitrogens with two attached hydrogens (primary N) is 1. The zero-order valence-electron chi connectivity index (χ0n) is 12.1. The van der Waals surface area contributed by atoms with E-state index >= 15 is 0 Å². The van der Waals surface area contributed by atoms with Crippen LogP contribution in [0.15, 0.2) is 24.3 Å². The maximum atomic E-state index is 5.91. The molecule has 1 aromatic rings. The summed E-state index contributed by atoms with van der Waals surface area (Å²) in [5.74, 6) is 1.81. The van der Waals surface area contributed by atoms with Crippen molar-refractivity contribution in [2.75, 3.05) is 24.5 Å². The summed E-state index contributed by atoms with van der Waals surface area (Å²) in [7, 11) is 0. The molecule has 1 saturated heterocycles. The van der Waals surface area contributed by atoms with Crippen LogP contribution in [0.4, 0.5) is 5.69 Å². The van der Waals surface area contributed by atoms with E-state index in [0.29, 0.717) is 0 Å². The summed E-state index contributed by atoms with van der Waals surface area (Å²) in [6.45, 7) is 7.19. The Kier molecular flexibility index (Phi) is 5.08. The quantitative estimate of drug-likeness (QED) is 0.886. The smallest absolute Gasteiger partial charge is 0.142 e. The fraction of sp³-hybridized carbons (Fsp3) is 0.625. The summed E-state index contributed by atoms with van der Waals surface area (Å²) in [4.78, 5) is 2.45. The Labute approximate surface area is 116 Å². The summed E-state index contributed by atoms with van der Waals surface area (Å²) >= 11 is 0. The van der Waals surface area contributed by atoms with Gasteiger partial charge in [0, 0.05) is 13.1 Å². The van der Waals surface area contributed by atoms with Crippen molar-refractivity contribution in [2.24, 2.45) is 11.7 Å². The third kappa shape index (κ3) is 3.87. The highest BCUT2D eigenvalue weighted by molar-refractivity contribution is 5.58. The van der Waals surface area contributed by atoms with Gasteiger partial charge in [-0.25, -0.2) is 0 Å². The number of para-hydroxylation sites is 2. The van der Waals surface area contributed by atoms with Gasteiger partial charge in [-0.3, -0.25) is 0 Å². The number of ether oxygens (including phenoxy) is 1. The minimum atomic E-state index is 0.218. The van der Waals surface area contributed by atoms with Gasteiger partial charge in [-0.1, -0.05) is 12.1 Å². The molecule has 1 aliphatic rings. The topological polar surface area (TPSA) is 38.5 Å². The van der Waals surface area contributed by atoms with Crippen LogP contribution in [0, 0.1) is 5.92 Å². The van der Waals surface area contributed by atoms with Gasteiger partial charge in [-0.2, -0.15) is 0 Å². The first-order valence-electron chi connectivity index (χ1n) is 7.41. The predicted octanol–water partition coefficient (Wildman–Crippen LogP) is 3.04. The summed E-state index contributed by atoms with van der Waals surface area (Å²) < 4.78 is 5.91. The second kappa shape index (κ2) is 6.80. The van der Waals surface area contributed by atoms with E-state index in [-0.39, 0.29) is 6.10 Å². The normalized spacial score (nSPS) is 16.9. The van der Waals surface area contributed by atoms with Gasteiger partial charge < -0.3 is 15.4 Å². The Morgan fingerprint density at radius 3 is 2.58 bits per heavy atom. The van der Waals surface area contributed by atoms with Crippen LogP contribution in [0.5, 0.6) is 5.75 Å². The fourth-order valence-corrected chi connectivity index (χ4v) is 2.77. The molecule has 1 fully saturated rings. The molecule has 1 heterocycles. The number of benzene rings is 1. The van der Waals surface area contributed by atoms with Crippen molar-refractivity contribution >= 4 is 5.69 Å². The highest BCUT2D eigenvalue weighted by Crippen LogP contribution is 2.32. The van der Waals surface area contributed by atoms with E-state index < -0.39 is 0 Å². The van der Waals surface area contributed by atoms with Gasteiger partial charge in [0.05, 0.1) is 11.8 Å². The van der Waals surface area contributed by atoms with Gasteiger partial charge in [0.2, 0.25) is 0 Å². The number of nitrogens with zero attached hydrogens (tertiary/aromatic N) is 1. The van der Waals surface area contributed by atoms with E-state index in [1.807, 2.05) is 6.07 Å². The minimum Gasteiger partial charge on any atom is -0.489 e. The first-order chi connectivity index (χ1) is 9.20. The molecule has 0 unspecified atom stereocenters.